The predicted molar refractivity (Wildman–Crippen MR) is 182 cm³/mol. The van der Waals surface area contributed by atoms with Gasteiger partial charge in [0, 0.05) is 18.4 Å². The lowest BCUT2D eigenvalue weighted by Gasteiger charge is -2.45. The summed E-state index contributed by atoms with van der Waals surface area (Å²) in [6.45, 7) is 37.6. The van der Waals surface area contributed by atoms with E-state index in [0.29, 0.717) is 34.9 Å². The van der Waals surface area contributed by atoms with E-state index in [1.54, 1.807) is 0 Å². The van der Waals surface area contributed by atoms with E-state index in [9.17, 15) is 4.79 Å². The standard InChI is InChI=1S/C33H68O3Si3/c1-26(2)39(27(3)4,28(5)6)35-31(19-17-18-23-34)25-29(7)20-21-30(8)32(22-24-37(12,13)14)36-38(15,16)33(9,10)11/h20-24,26-32H,17-19,25H2,1-16H3/b21-20+,24-22+/t29-,30-,31+,32-/m1/s1. The van der Waals surface area contributed by atoms with E-state index >= 15 is 0 Å². The molecule has 0 radical (unpaired) electrons. The Kier molecular flexibility index (Phi) is 16.3. The lowest BCUT2D eigenvalue weighted by Crippen LogP contribution is -2.50. The molecule has 0 N–H and O–H groups in total. The summed E-state index contributed by atoms with van der Waals surface area (Å²) in [6.07, 6.45) is 12.0. The van der Waals surface area contributed by atoms with Crippen LogP contribution >= 0.6 is 0 Å². The molecule has 6 heteroatoms. The van der Waals surface area contributed by atoms with Gasteiger partial charge in [-0.1, -0.05) is 120 Å². The topological polar surface area (TPSA) is 35.5 Å². The quantitative estimate of drug-likeness (QED) is 0.0683. The SMILES string of the molecule is CC(C)[Si](O[C@@H](CCCC=O)C[C@H](C)/C=C/[C@@H](C)[C@@H](/C=C/[Si](C)(C)C)O[Si](C)(C)C(C)(C)C)(C(C)C)C(C)C. The van der Waals surface area contributed by atoms with Gasteiger partial charge in [-0.25, -0.2) is 0 Å². The zero-order valence-corrected chi connectivity index (χ0v) is 32.0. The molecule has 0 saturated heterocycles. The number of aldehydes is 1. The number of hydrogen-bond acceptors (Lipinski definition) is 3. The number of unbranched alkanes of at least 4 members (excludes halogenated alkanes) is 1. The summed E-state index contributed by atoms with van der Waals surface area (Å²) < 4.78 is 14.2. The van der Waals surface area contributed by atoms with E-state index < -0.39 is 24.7 Å². The molecule has 230 valence electrons. The lowest BCUT2D eigenvalue weighted by atomic mass is 9.96. The zero-order chi connectivity index (χ0) is 30.8. The van der Waals surface area contributed by atoms with Gasteiger partial charge in [-0.3, -0.25) is 0 Å². The third kappa shape index (κ3) is 13.1. The van der Waals surface area contributed by atoms with Gasteiger partial charge in [0.25, 0.3) is 0 Å². The molecule has 0 heterocycles. The first kappa shape index (κ1) is 38.7. The van der Waals surface area contributed by atoms with E-state index in [0.717, 1.165) is 25.5 Å². The Bertz CT molecular complexity index is 735. The summed E-state index contributed by atoms with van der Waals surface area (Å²) in [7, 11) is -5.22. The number of hydrogen-bond donors (Lipinski definition) is 0. The first-order valence-electron chi connectivity index (χ1n) is 15.8. The minimum absolute atomic E-state index is 0.101. The molecule has 3 nitrogen and oxygen atoms in total. The van der Waals surface area contributed by atoms with Gasteiger partial charge in [0.2, 0.25) is 8.32 Å². The van der Waals surface area contributed by atoms with Crippen LogP contribution in [-0.4, -0.2) is 43.2 Å². The summed E-state index contributed by atoms with van der Waals surface area (Å²) in [5.41, 5.74) is 4.12. The monoisotopic (exact) mass is 596 g/mol. The summed E-state index contributed by atoms with van der Waals surface area (Å²) in [5.74, 6) is 0.709. The highest BCUT2D eigenvalue weighted by Gasteiger charge is 2.46. The molecule has 39 heavy (non-hydrogen) atoms. The third-order valence-corrected chi connectivity index (χ3v) is 20.7. The minimum Gasteiger partial charge on any atom is -0.413 e. The Morgan fingerprint density at radius 1 is 0.744 bits per heavy atom. The van der Waals surface area contributed by atoms with Gasteiger partial charge in [-0.15, -0.1) is 0 Å². The minimum atomic E-state index is -1.99. The Morgan fingerprint density at radius 2 is 1.26 bits per heavy atom. The maximum Gasteiger partial charge on any atom is 0.200 e. The van der Waals surface area contributed by atoms with E-state index in [2.05, 4.69) is 133 Å². The molecule has 0 aromatic rings. The van der Waals surface area contributed by atoms with Crippen LogP contribution in [0.4, 0.5) is 0 Å². The molecule has 0 aliphatic heterocycles. The van der Waals surface area contributed by atoms with Gasteiger partial charge < -0.3 is 13.6 Å². The molecule has 0 saturated carbocycles. The fourth-order valence-electron chi connectivity index (χ4n) is 5.54. The highest BCUT2D eigenvalue weighted by atomic mass is 28.4. The molecule has 0 aliphatic rings. The van der Waals surface area contributed by atoms with Crippen molar-refractivity contribution in [2.24, 2.45) is 11.8 Å². The predicted octanol–water partition coefficient (Wildman–Crippen LogP) is 11.0. The summed E-state index contributed by atoms with van der Waals surface area (Å²) in [5, 5.41) is 0.181. The van der Waals surface area contributed by atoms with Crippen LogP contribution in [-0.2, 0) is 13.6 Å². The molecule has 4 atom stereocenters. The molecular weight excluding hydrogens is 529 g/mol. The Hall–Kier alpha value is -0.279. The van der Waals surface area contributed by atoms with Crippen molar-refractivity contribution in [3.05, 3.63) is 23.9 Å². The molecule has 0 aliphatic carbocycles. The summed E-state index contributed by atoms with van der Waals surface area (Å²) in [6, 6.07) is 0. The zero-order valence-electron chi connectivity index (χ0n) is 29.0. The number of allylic oxidation sites excluding steroid dienone is 1. The second-order valence-electron chi connectivity index (χ2n) is 15.7. The second kappa shape index (κ2) is 16.4. The highest BCUT2D eigenvalue weighted by Crippen LogP contribution is 2.44. The van der Waals surface area contributed by atoms with Crippen LogP contribution < -0.4 is 0 Å². The van der Waals surface area contributed by atoms with Gasteiger partial charge in [0.15, 0.2) is 8.32 Å². The smallest absolute Gasteiger partial charge is 0.200 e. The van der Waals surface area contributed by atoms with Gasteiger partial charge >= 0.3 is 0 Å². The Morgan fingerprint density at radius 3 is 1.67 bits per heavy atom. The van der Waals surface area contributed by atoms with Crippen molar-refractivity contribution in [3.8, 4) is 0 Å². The average Bonchev–Trinajstić information content (AvgIpc) is 2.76. The van der Waals surface area contributed by atoms with E-state index in [4.69, 9.17) is 8.85 Å². The molecule has 0 aromatic heterocycles. The van der Waals surface area contributed by atoms with Crippen molar-refractivity contribution in [3.63, 3.8) is 0 Å². The summed E-state index contributed by atoms with van der Waals surface area (Å²) in [4.78, 5) is 11.1. The second-order valence-corrected chi connectivity index (χ2v) is 30.9. The molecular formula is C33H68O3Si3. The number of rotatable bonds is 18. The van der Waals surface area contributed by atoms with Crippen molar-refractivity contribution >= 4 is 31.0 Å². The average molecular weight is 597 g/mol. The number of carbonyl (C=O) groups is 1. The third-order valence-electron chi connectivity index (χ3n) is 8.84. The van der Waals surface area contributed by atoms with E-state index in [1.165, 1.54) is 0 Å². The lowest BCUT2D eigenvalue weighted by molar-refractivity contribution is -0.108. The maximum absolute atomic E-state index is 11.1. The van der Waals surface area contributed by atoms with Crippen LogP contribution in [0.5, 0.6) is 0 Å². The maximum atomic E-state index is 11.1. The first-order chi connectivity index (χ1) is 17.6. The molecule has 0 amide bonds. The van der Waals surface area contributed by atoms with Gasteiger partial charge in [-0.05, 0) is 59.9 Å². The van der Waals surface area contributed by atoms with Gasteiger partial charge in [-0.2, -0.15) is 0 Å². The fourth-order valence-corrected chi connectivity index (χ4v) is 13.2. The summed E-state index contributed by atoms with van der Waals surface area (Å²) >= 11 is 0. The van der Waals surface area contributed by atoms with Crippen LogP contribution in [0, 0.1) is 11.8 Å². The molecule has 0 bridgehead atoms. The van der Waals surface area contributed by atoms with Crippen molar-refractivity contribution in [1.82, 2.24) is 0 Å². The van der Waals surface area contributed by atoms with E-state index in [-0.39, 0.29) is 17.2 Å². The van der Waals surface area contributed by atoms with Crippen LogP contribution in [0.25, 0.3) is 0 Å². The van der Waals surface area contributed by atoms with E-state index in [1.807, 2.05) is 0 Å². The van der Waals surface area contributed by atoms with Crippen LogP contribution in [0.15, 0.2) is 23.9 Å². The Labute approximate surface area is 248 Å². The molecule has 0 rings (SSSR count). The first-order valence-corrected chi connectivity index (χ1v) is 24.4. The largest absolute Gasteiger partial charge is 0.413 e. The van der Waals surface area contributed by atoms with Crippen LogP contribution in [0.3, 0.4) is 0 Å². The molecule has 0 unspecified atom stereocenters. The van der Waals surface area contributed by atoms with Crippen molar-refractivity contribution in [2.45, 2.75) is 168 Å². The van der Waals surface area contributed by atoms with Gasteiger partial charge in [0.05, 0.1) is 14.2 Å². The molecule has 0 aromatic carbocycles. The van der Waals surface area contributed by atoms with Crippen molar-refractivity contribution in [2.75, 3.05) is 0 Å². The van der Waals surface area contributed by atoms with Crippen LogP contribution in [0.1, 0.15) is 102 Å². The number of carbonyl (C=O) groups excluding carboxylic acids is 1. The molecule has 0 fully saturated rings. The van der Waals surface area contributed by atoms with Crippen molar-refractivity contribution in [1.29, 1.82) is 0 Å². The highest BCUT2D eigenvalue weighted by molar-refractivity contribution is 6.81. The van der Waals surface area contributed by atoms with Gasteiger partial charge in [0.1, 0.15) is 6.29 Å². The van der Waals surface area contributed by atoms with Crippen molar-refractivity contribution < 1.29 is 13.6 Å². The fraction of sp³-hybridized carbons (Fsp3) is 0.848. The Balaban J connectivity index is 5.92. The van der Waals surface area contributed by atoms with Crippen LogP contribution in [0.2, 0.25) is 54.4 Å². The normalized spacial score (nSPS) is 17.5. The molecule has 0 spiro atoms.